The third-order valence-electron chi connectivity index (χ3n) is 6.53. The van der Waals surface area contributed by atoms with Crippen LogP contribution in [0.15, 0.2) is 84.9 Å². The maximum atomic E-state index is 13.4. The Bertz CT molecular complexity index is 1100. The number of nitrogens with zero attached hydrogens (tertiary/aromatic N) is 1. The number of rotatable bonds is 9. The average Bonchev–Trinajstić information content (AvgIpc) is 3.30. The van der Waals surface area contributed by atoms with Gasteiger partial charge < -0.3 is 10.2 Å². The lowest BCUT2D eigenvalue weighted by Crippen LogP contribution is -2.50. The van der Waals surface area contributed by atoms with Gasteiger partial charge in [0.05, 0.1) is 5.37 Å². The van der Waals surface area contributed by atoms with Gasteiger partial charge in [-0.25, -0.2) is 4.39 Å². The van der Waals surface area contributed by atoms with Crippen molar-refractivity contribution in [3.8, 4) is 0 Å². The molecular weight excluding hydrogens is 471 g/mol. The molecule has 6 heteroatoms. The Morgan fingerprint density at radius 2 is 1.53 bits per heavy atom. The van der Waals surface area contributed by atoms with Crippen LogP contribution in [-0.4, -0.2) is 40.4 Å². The third-order valence-corrected chi connectivity index (χ3v) is 7.84. The molecule has 2 atom stereocenters. The molecule has 0 aliphatic carbocycles. The zero-order valence-corrected chi connectivity index (χ0v) is 21.6. The van der Waals surface area contributed by atoms with E-state index in [1.54, 1.807) is 16.7 Å². The van der Waals surface area contributed by atoms with E-state index in [1.807, 2.05) is 36.4 Å². The summed E-state index contributed by atoms with van der Waals surface area (Å²) in [6.45, 7) is 4.73. The van der Waals surface area contributed by atoms with Crippen LogP contribution in [0.3, 0.4) is 0 Å². The molecule has 0 bridgehead atoms. The lowest BCUT2D eigenvalue weighted by atomic mass is 9.88. The number of amides is 2. The first-order valence-corrected chi connectivity index (χ1v) is 13.6. The Labute approximate surface area is 217 Å². The molecule has 4 rings (SSSR count). The fraction of sp³-hybridized carbons (Fsp3) is 0.333. The summed E-state index contributed by atoms with van der Waals surface area (Å²) in [6.07, 6.45) is 1.55. The Morgan fingerprint density at radius 3 is 2.08 bits per heavy atom. The molecule has 36 heavy (non-hydrogen) atoms. The van der Waals surface area contributed by atoms with Crippen molar-refractivity contribution >= 4 is 23.6 Å². The second-order valence-electron chi connectivity index (χ2n) is 9.61. The van der Waals surface area contributed by atoms with Crippen LogP contribution in [0.1, 0.15) is 54.1 Å². The van der Waals surface area contributed by atoms with Gasteiger partial charge in [0.1, 0.15) is 11.9 Å². The molecule has 1 aliphatic heterocycles. The van der Waals surface area contributed by atoms with E-state index in [4.69, 9.17) is 0 Å². The second kappa shape index (κ2) is 12.2. The lowest BCUT2D eigenvalue weighted by molar-refractivity contribution is -0.124. The van der Waals surface area contributed by atoms with Gasteiger partial charge in [0.15, 0.2) is 0 Å². The minimum absolute atomic E-state index is 0.0836. The van der Waals surface area contributed by atoms with Crippen molar-refractivity contribution < 1.29 is 14.0 Å². The van der Waals surface area contributed by atoms with Crippen LogP contribution >= 0.6 is 11.8 Å². The van der Waals surface area contributed by atoms with Crippen LogP contribution in [0.25, 0.3) is 0 Å². The monoisotopic (exact) mass is 504 g/mol. The predicted octanol–water partition coefficient (Wildman–Crippen LogP) is 6.09. The first kappa shape index (κ1) is 26.0. The molecule has 0 aromatic heterocycles. The zero-order chi connectivity index (χ0) is 25.5. The van der Waals surface area contributed by atoms with Crippen LogP contribution in [0.5, 0.6) is 0 Å². The molecule has 4 nitrogen and oxygen atoms in total. The maximum Gasteiger partial charge on any atom is 0.255 e. The van der Waals surface area contributed by atoms with E-state index < -0.39 is 6.04 Å². The molecule has 0 spiro atoms. The molecule has 3 aromatic rings. The quantitative estimate of drug-likeness (QED) is 0.383. The molecule has 2 amide bonds. The average molecular weight is 505 g/mol. The van der Waals surface area contributed by atoms with E-state index >= 15 is 0 Å². The van der Waals surface area contributed by atoms with Crippen LogP contribution in [0, 0.1) is 11.7 Å². The number of nitrogens with one attached hydrogen (secondary N) is 1. The summed E-state index contributed by atoms with van der Waals surface area (Å²) in [7, 11) is 0. The molecule has 1 saturated heterocycles. The van der Waals surface area contributed by atoms with Crippen molar-refractivity contribution in [2.45, 2.75) is 44.0 Å². The fourth-order valence-electron chi connectivity index (χ4n) is 4.72. The third kappa shape index (κ3) is 6.35. The number of benzene rings is 3. The van der Waals surface area contributed by atoms with Crippen molar-refractivity contribution in [2.75, 3.05) is 12.3 Å². The van der Waals surface area contributed by atoms with Gasteiger partial charge in [-0.05, 0) is 54.2 Å². The largest absolute Gasteiger partial charge is 0.354 e. The van der Waals surface area contributed by atoms with Gasteiger partial charge in [-0.2, -0.15) is 0 Å². The Balaban J connectivity index is 1.46. The number of carbonyl (C=O) groups is 2. The summed E-state index contributed by atoms with van der Waals surface area (Å²) in [5, 5.41) is 3.02. The summed E-state index contributed by atoms with van der Waals surface area (Å²) >= 11 is 1.65. The normalized spacial score (nSPS) is 17.5. The highest BCUT2D eigenvalue weighted by Gasteiger charge is 2.41. The van der Waals surface area contributed by atoms with E-state index in [1.165, 1.54) is 35.4 Å². The van der Waals surface area contributed by atoms with E-state index in [-0.39, 0.29) is 28.9 Å². The molecule has 3 aromatic carbocycles. The molecule has 1 N–H and O–H groups in total. The standard InChI is InChI=1S/C30H33FN2O2S/c1-21(2)19-28-33(30(35)24-13-15-25(31)16-14-24)27(20-36-28)29(34)32-18-17-26(22-9-5-3-6-10-22)23-11-7-4-8-12-23/h3-16,21,26-28H,17-20H2,1-2H3,(H,32,34). The Hall–Kier alpha value is -3.12. The number of carbonyl (C=O) groups excluding carboxylic acids is 2. The van der Waals surface area contributed by atoms with Crippen molar-refractivity contribution in [3.63, 3.8) is 0 Å². The van der Waals surface area contributed by atoms with Gasteiger partial charge in [-0.1, -0.05) is 74.5 Å². The molecule has 1 fully saturated rings. The highest BCUT2D eigenvalue weighted by Crippen LogP contribution is 2.35. The molecule has 1 heterocycles. The summed E-state index contributed by atoms with van der Waals surface area (Å²) in [5.41, 5.74) is 2.82. The molecule has 2 unspecified atom stereocenters. The molecule has 188 valence electrons. The fourth-order valence-corrected chi connectivity index (χ4v) is 6.36. The predicted molar refractivity (Wildman–Crippen MR) is 144 cm³/mol. The number of thioether (sulfide) groups is 1. The van der Waals surface area contributed by atoms with E-state index in [2.05, 4.69) is 43.4 Å². The van der Waals surface area contributed by atoms with Gasteiger partial charge in [-0.15, -0.1) is 11.8 Å². The topological polar surface area (TPSA) is 49.4 Å². The molecule has 0 radical (unpaired) electrons. The van der Waals surface area contributed by atoms with Gasteiger partial charge >= 0.3 is 0 Å². The second-order valence-corrected chi connectivity index (χ2v) is 10.8. The van der Waals surface area contributed by atoms with Gasteiger partial charge in [0.25, 0.3) is 5.91 Å². The Kier molecular flexibility index (Phi) is 8.81. The summed E-state index contributed by atoms with van der Waals surface area (Å²) in [6, 6.07) is 25.6. The van der Waals surface area contributed by atoms with Crippen molar-refractivity contribution in [2.24, 2.45) is 5.92 Å². The van der Waals surface area contributed by atoms with E-state index in [9.17, 15) is 14.0 Å². The highest BCUT2D eigenvalue weighted by molar-refractivity contribution is 8.00. The molecular formula is C30H33FN2O2S. The van der Waals surface area contributed by atoms with Crippen LogP contribution in [0.4, 0.5) is 4.39 Å². The first-order chi connectivity index (χ1) is 17.4. The van der Waals surface area contributed by atoms with Crippen LogP contribution < -0.4 is 5.32 Å². The SMILES string of the molecule is CC(C)CC1SCC(C(=O)NCCC(c2ccccc2)c2ccccc2)N1C(=O)c1ccc(F)cc1. The molecule has 1 aliphatic rings. The maximum absolute atomic E-state index is 13.4. The number of halogens is 1. The van der Waals surface area contributed by atoms with E-state index in [0.717, 1.165) is 12.8 Å². The van der Waals surface area contributed by atoms with Crippen LogP contribution in [-0.2, 0) is 4.79 Å². The number of hydrogen-bond acceptors (Lipinski definition) is 3. The minimum Gasteiger partial charge on any atom is -0.354 e. The Morgan fingerprint density at radius 1 is 0.944 bits per heavy atom. The van der Waals surface area contributed by atoms with Gasteiger partial charge in [-0.3, -0.25) is 9.59 Å². The van der Waals surface area contributed by atoms with Gasteiger partial charge in [0, 0.05) is 23.8 Å². The summed E-state index contributed by atoms with van der Waals surface area (Å²) < 4.78 is 13.4. The van der Waals surface area contributed by atoms with Crippen LogP contribution in [0.2, 0.25) is 0 Å². The molecule has 0 saturated carbocycles. The lowest BCUT2D eigenvalue weighted by Gasteiger charge is -2.30. The smallest absolute Gasteiger partial charge is 0.255 e. The summed E-state index contributed by atoms with van der Waals surface area (Å²) in [5.74, 6) is 0.349. The van der Waals surface area contributed by atoms with Crippen molar-refractivity contribution in [1.29, 1.82) is 0 Å². The highest BCUT2D eigenvalue weighted by atomic mass is 32.2. The van der Waals surface area contributed by atoms with Gasteiger partial charge in [0.2, 0.25) is 5.91 Å². The zero-order valence-electron chi connectivity index (χ0n) is 20.8. The first-order valence-electron chi connectivity index (χ1n) is 12.5. The van der Waals surface area contributed by atoms with Crippen molar-refractivity contribution in [3.05, 3.63) is 107 Å². The summed E-state index contributed by atoms with van der Waals surface area (Å²) in [4.78, 5) is 28.5. The van der Waals surface area contributed by atoms with Crippen molar-refractivity contribution in [1.82, 2.24) is 10.2 Å². The van der Waals surface area contributed by atoms with E-state index in [0.29, 0.717) is 23.8 Å². The minimum atomic E-state index is -0.553. The number of hydrogen-bond donors (Lipinski definition) is 1.